The second-order valence-corrected chi connectivity index (χ2v) is 4.09. The van der Waals surface area contributed by atoms with E-state index in [0.29, 0.717) is 5.56 Å². The van der Waals surface area contributed by atoms with Gasteiger partial charge in [-0.2, -0.15) is 0 Å². The minimum atomic E-state index is -0.605. The van der Waals surface area contributed by atoms with E-state index in [-0.39, 0.29) is 22.0 Å². The summed E-state index contributed by atoms with van der Waals surface area (Å²) in [6.45, 7) is 0. The van der Waals surface area contributed by atoms with Crippen molar-refractivity contribution in [3.05, 3.63) is 57.4 Å². The number of halogens is 2. The quantitative estimate of drug-likeness (QED) is 0.512. The number of hydrogen-bond donors (Lipinski definition) is 1. The Morgan fingerprint density at radius 1 is 1.22 bits per heavy atom. The van der Waals surface area contributed by atoms with Crippen LogP contribution in [0, 0.1) is 15.9 Å². The molecule has 2 aromatic carbocycles. The monoisotopic (exact) mass is 266 g/mol. The molecule has 0 fully saturated rings. The van der Waals surface area contributed by atoms with Gasteiger partial charge in [-0.15, -0.1) is 0 Å². The lowest BCUT2D eigenvalue weighted by molar-refractivity contribution is -0.383. The van der Waals surface area contributed by atoms with E-state index in [1.807, 2.05) is 0 Å². The minimum absolute atomic E-state index is 0.0399. The lowest BCUT2D eigenvalue weighted by Crippen LogP contribution is -1.96. The number of nitro benzene ring substituents is 1. The lowest BCUT2D eigenvalue weighted by Gasteiger charge is -2.05. The van der Waals surface area contributed by atoms with Crippen molar-refractivity contribution in [3.8, 4) is 11.1 Å². The molecule has 0 aromatic heterocycles. The van der Waals surface area contributed by atoms with Gasteiger partial charge in [0.2, 0.25) is 0 Å². The Morgan fingerprint density at radius 3 is 2.56 bits per heavy atom. The number of benzene rings is 2. The van der Waals surface area contributed by atoms with Crippen molar-refractivity contribution in [2.45, 2.75) is 0 Å². The number of nitrogen functional groups attached to an aromatic ring is 1. The van der Waals surface area contributed by atoms with Gasteiger partial charge in [0.1, 0.15) is 11.5 Å². The van der Waals surface area contributed by atoms with E-state index in [1.165, 1.54) is 30.3 Å². The van der Waals surface area contributed by atoms with Crippen LogP contribution in [-0.4, -0.2) is 4.92 Å². The van der Waals surface area contributed by atoms with Gasteiger partial charge in [-0.25, -0.2) is 4.39 Å². The Kier molecular flexibility index (Phi) is 3.16. The third-order valence-electron chi connectivity index (χ3n) is 2.47. The summed E-state index contributed by atoms with van der Waals surface area (Å²) in [5.41, 5.74) is 5.88. The molecule has 0 aliphatic rings. The molecule has 0 radical (unpaired) electrons. The van der Waals surface area contributed by atoms with Crippen molar-refractivity contribution in [2.24, 2.45) is 0 Å². The van der Waals surface area contributed by atoms with Gasteiger partial charge < -0.3 is 5.73 Å². The SMILES string of the molecule is Nc1ccc(-c2ccc(Cl)cc2F)cc1[N+](=O)[O-]. The van der Waals surface area contributed by atoms with Crippen LogP contribution >= 0.6 is 11.6 Å². The van der Waals surface area contributed by atoms with Crippen LogP contribution in [0.15, 0.2) is 36.4 Å². The summed E-state index contributed by atoms with van der Waals surface area (Å²) in [5.74, 6) is -0.540. The van der Waals surface area contributed by atoms with E-state index in [4.69, 9.17) is 17.3 Å². The topological polar surface area (TPSA) is 69.2 Å². The highest BCUT2D eigenvalue weighted by Crippen LogP contribution is 2.31. The second kappa shape index (κ2) is 4.62. The summed E-state index contributed by atoms with van der Waals surface area (Å²) in [4.78, 5) is 10.2. The van der Waals surface area contributed by atoms with Crippen LogP contribution in [0.2, 0.25) is 5.02 Å². The largest absolute Gasteiger partial charge is 0.393 e. The first-order valence-electron chi connectivity index (χ1n) is 4.98. The first-order chi connectivity index (χ1) is 8.49. The number of anilines is 1. The first-order valence-corrected chi connectivity index (χ1v) is 5.36. The molecular weight excluding hydrogens is 259 g/mol. The summed E-state index contributed by atoms with van der Waals surface area (Å²) in [6.07, 6.45) is 0. The Bertz CT molecular complexity index is 631. The van der Waals surface area contributed by atoms with E-state index < -0.39 is 10.7 Å². The fraction of sp³-hybridized carbons (Fsp3) is 0. The van der Waals surface area contributed by atoms with Crippen LogP contribution in [0.4, 0.5) is 15.8 Å². The second-order valence-electron chi connectivity index (χ2n) is 3.65. The fourth-order valence-corrected chi connectivity index (χ4v) is 1.75. The summed E-state index contributed by atoms with van der Waals surface area (Å²) < 4.78 is 13.7. The molecule has 0 saturated heterocycles. The van der Waals surface area contributed by atoms with Gasteiger partial charge in [0, 0.05) is 16.7 Å². The smallest absolute Gasteiger partial charge is 0.292 e. The Balaban J connectivity index is 2.58. The zero-order chi connectivity index (χ0) is 13.3. The minimum Gasteiger partial charge on any atom is -0.393 e. The number of hydrogen-bond acceptors (Lipinski definition) is 3. The van der Waals surface area contributed by atoms with Crippen LogP contribution < -0.4 is 5.73 Å². The molecule has 6 heteroatoms. The molecular formula is C12H8ClFN2O2. The molecule has 0 aliphatic carbocycles. The summed E-state index contributed by atoms with van der Waals surface area (Å²) in [7, 11) is 0. The van der Waals surface area contributed by atoms with E-state index in [0.717, 1.165) is 6.07 Å². The van der Waals surface area contributed by atoms with Gasteiger partial charge in [-0.1, -0.05) is 17.7 Å². The van der Waals surface area contributed by atoms with Crippen molar-refractivity contribution in [3.63, 3.8) is 0 Å². The third kappa shape index (κ3) is 2.26. The predicted molar refractivity (Wildman–Crippen MR) is 67.9 cm³/mol. The summed E-state index contributed by atoms with van der Waals surface area (Å²) in [5, 5.41) is 11.0. The van der Waals surface area contributed by atoms with Crippen molar-refractivity contribution in [2.75, 3.05) is 5.73 Å². The summed E-state index contributed by atoms with van der Waals surface area (Å²) in [6, 6.07) is 8.27. The van der Waals surface area contributed by atoms with Gasteiger partial charge in [-0.05, 0) is 29.8 Å². The highest BCUT2D eigenvalue weighted by atomic mass is 35.5. The molecule has 0 unspecified atom stereocenters. The van der Waals surface area contributed by atoms with Gasteiger partial charge in [0.15, 0.2) is 0 Å². The Morgan fingerprint density at radius 2 is 1.94 bits per heavy atom. The molecule has 0 amide bonds. The first kappa shape index (κ1) is 12.3. The van der Waals surface area contributed by atoms with Crippen molar-refractivity contribution >= 4 is 23.0 Å². The van der Waals surface area contributed by atoms with Crippen LogP contribution in [-0.2, 0) is 0 Å². The molecule has 0 bridgehead atoms. The molecule has 92 valence electrons. The zero-order valence-corrected chi connectivity index (χ0v) is 9.82. The number of rotatable bonds is 2. The van der Waals surface area contributed by atoms with Crippen molar-refractivity contribution in [1.29, 1.82) is 0 Å². The van der Waals surface area contributed by atoms with Gasteiger partial charge in [0.05, 0.1) is 4.92 Å². The maximum Gasteiger partial charge on any atom is 0.292 e. The third-order valence-corrected chi connectivity index (χ3v) is 2.70. The fourth-order valence-electron chi connectivity index (χ4n) is 1.59. The maximum absolute atomic E-state index is 13.7. The molecule has 0 spiro atoms. The van der Waals surface area contributed by atoms with Gasteiger partial charge >= 0.3 is 0 Å². The number of nitrogens with zero attached hydrogens (tertiary/aromatic N) is 1. The predicted octanol–water partition coefficient (Wildman–Crippen LogP) is 3.64. The Labute approximate surface area is 107 Å². The van der Waals surface area contributed by atoms with Crippen molar-refractivity contribution in [1.82, 2.24) is 0 Å². The number of nitrogens with two attached hydrogens (primary N) is 1. The summed E-state index contributed by atoms with van der Waals surface area (Å²) >= 11 is 5.64. The normalized spacial score (nSPS) is 10.3. The van der Waals surface area contributed by atoms with Gasteiger partial charge in [0.25, 0.3) is 5.69 Å². The molecule has 0 heterocycles. The standard InChI is InChI=1S/C12H8ClFN2O2/c13-8-2-3-9(10(14)6-8)7-1-4-11(15)12(5-7)16(17)18/h1-6H,15H2. The zero-order valence-electron chi connectivity index (χ0n) is 9.06. The van der Waals surface area contributed by atoms with Crippen LogP contribution in [0.1, 0.15) is 0 Å². The average molecular weight is 267 g/mol. The number of nitro groups is 1. The molecule has 18 heavy (non-hydrogen) atoms. The highest BCUT2D eigenvalue weighted by molar-refractivity contribution is 6.30. The average Bonchev–Trinajstić information content (AvgIpc) is 2.30. The maximum atomic E-state index is 13.7. The molecule has 2 N–H and O–H groups in total. The molecule has 2 aromatic rings. The molecule has 2 rings (SSSR count). The molecule has 4 nitrogen and oxygen atoms in total. The van der Waals surface area contributed by atoms with Crippen LogP contribution in [0.25, 0.3) is 11.1 Å². The van der Waals surface area contributed by atoms with E-state index in [2.05, 4.69) is 0 Å². The highest BCUT2D eigenvalue weighted by Gasteiger charge is 2.14. The molecule has 0 aliphatic heterocycles. The van der Waals surface area contributed by atoms with Crippen molar-refractivity contribution < 1.29 is 9.31 Å². The molecule has 0 atom stereocenters. The van der Waals surface area contributed by atoms with E-state index >= 15 is 0 Å². The lowest BCUT2D eigenvalue weighted by atomic mass is 10.0. The Hall–Kier alpha value is -2.14. The molecule has 0 saturated carbocycles. The van der Waals surface area contributed by atoms with Gasteiger partial charge in [-0.3, -0.25) is 10.1 Å². The van der Waals surface area contributed by atoms with E-state index in [1.54, 1.807) is 0 Å². The van der Waals surface area contributed by atoms with E-state index in [9.17, 15) is 14.5 Å². The van der Waals surface area contributed by atoms with Crippen LogP contribution in [0.3, 0.4) is 0 Å². The van der Waals surface area contributed by atoms with Crippen LogP contribution in [0.5, 0.6) is 0 Å².